The van der Waals surface area contributed by atoms with Gasteiger partial charge >= 0.3 is 5.97 Å². The zero-order chi connectivity index (χ0) is 28.9. The summed E-state index contributed by atoms with van der Waals surface area (Å²) in [4.78, 5) is 38.4. The minimum Gasteiger partial charge on any atom is -0.478 e. The van der Waals surface area contributed by atoms with Crippen LogP contribution in [-0.2, 0) is 37.3 Å². The molecular weight excluding hydrogens is 536 g/mol. The Bertz CT molecular complexity index is 1360. The number of rotatable bonds is 13. The van der Waals surface area contributed by atoms with E-state index >= 15 is 0 Å². The predicted octanol–water partition coefficient (Wildman–Crippen LogP) is 2.84. The van der Waals surface area contributed by atoms with Crippen LogP contribution >= 0.6 is 0 Å². The Morgan fingerprint density at radius 3 is 2.45 bits per heavy atom. The number of amides is 1. The summed E-state index contributed by atoms with van der Waals surface area (Å²) >= 11 is 0. The van der Waals surface area contributed by atoms with Crippen LogP contribution in [0.4, 0.5) is 5.95 Å². The number of hydrogen-bond acceptors (Lipinski definition) is 8. The zero-order valence-electron chi connectivity index (χ0n) is 23.2. The molecule has 0 saturated heterocycles. The van der Waals surface area contributed by atoms with Crippen LogP contribution in [-0.4, -0.2) is 59.9 Å². The lowest BCUT2D eigenvalue weighted by molar-refractivity contribution is -0.148. The third kappa shape index (κ3) is 6.81. The lowest BCUT2D eigenvalue weighted by atomic mass is 10.0. The first-order valence-electron chi connectivity index (χ1n) is 13.7. The molecule has 0 bridgehead atoms. The summed E-state index contributed by atoms with van der Waals surface area (Å²) in [5.74, 6) is -1.57. The summed E-state index contributed by atoms with van der Waals surface area (Å²) < 4.78 is 29.5. The number of carbonyl (C=O) groups is 2. The number of H-pyrrole nitrogens is 1. The van der Waals surface area contributed by atoms with E-state index in [1.165, 1.54) is 5.69 Å². The molecule has 12 nitrogen and oxygen atoms in total. The van der Waals surface area contributed by atoms with Gasteiger partial charge in [0.05, 0.1) is 10.6 Å². The number of carboxylic acid groups (broad SMARTS) is 1. The number of unbranched alkanes of at least 4 members (excludes halogenated alkanes) is 2. The van der Waals surface area contributed by atoms with Crippen LogP contribution < -0.4 is 15.4 Å². The average molecular weight is 575 g/mol. The minimum absolute atomic E-state index is 0.00939. The Labute approximate surface area is 234 Å². The van der Waals surface area contributed by atoms with Crippen molar-refractivity contribution in [1.82, 2.24) is 20.0 Å². The molecule has 1 unspecified atom stereocenters. The molecule has 1 amide bonds. The normalized spacial score (nSPS) is 16.4. The van der Waals surface area contributed by atoms with E-state index in [0.717, 1.165) is 42.9 Å². The van der Waals surface area contributed by atoms with Crippen molar-refractivity contribution in [3.05, 3.63) is 40.2 Å². The number of benzene rings is 1. The lowest BCUT2D eigenvalue weighted by Gasteiger charge is -2.31. The molecule has 0 spiro atoms. The largest absolute Gasteiger partial charge is 0.478 e. The number of hydrogen-bond donors (Lipinski definition) is 5. The number of aromatic amines is 1. The van der Waals surface area contributed by atoms with E-state index in [0.29, 0.717) is 36.9 Å². The molecule has 0 radical (unpaired) electrons. The number of sulfonamides is 1. The highest BCUT2D eigenvalue weighted by Crippen LogP contribution is 2.25. The van der Waals surface area contributed by atoms with Crippen molar-refractivity contribution in [2.24, 2.45) is 5.16 Å². The second kappa shape index (κ2) is 12.4. The van der Waals surface area contributed by atoms with E-state index in [4.69, 9.17) is 4.84 Å². The SMILES string of the molecule is Cc1cc(C)c(S(=O)(=O)NC(CCCCCNc2nc3c([nH]2)CCCC3)(NC(=O)C2=NOCC2)C(=O)O)c(C)c1. The highest BCUT2D eigenvalue weighted by molar-refractivity contribution is 7.89. The number of nitrogens with one attached hydrogen (secondary N) is 4. The number of nitrogens with zero attached hydrogens (tertiary/aromatic N) is 2. The number of carboxylic acids is 1. The number of anilines is 1. The van der Waals surface area contributed by atoms with Crippen LogP contribution in [0.2, 0.25) is 0 Å². The number of aryl methyl sites for hydroxylation is 5. The average Bonchev–Trinajstić information content (AvgIpc) is 3.55. The summed E-state index contributed by atoms with van der Waals surface area (Å²) in [6.07, 6.45) is 5.93. The molecule has 13 heteroatoms. The maximum atomic E-state index is 13.6. The van der Waals surface area contributed by atoms with Crippen LogP contribution in [0.3, 0.4) is 0 Å². The van der Waals surface area contributed by atoms with Crippen LogP contribution in [0.15, 0.2) is 22.2 Å². The lowest BCUT2D eigenvalue weighted by Crippen LogP contribution is -2.66. The molecule has 1 aliphatic carbocycles. The first-order chi connectivity index (χ1) is 19.0. The van der Waals surface area contributed by atoms with Crippen LogP contribution in [0.5, 0.6) is 0 Å². The number of oxime groups is 1. The van der Waals surface area contributed by atoms with Crippen molar-refractivity contribution >= 4 is 33.6 Å². The molecule has 2 heterocycles. The summed E-state index contributed by atoms with van der Waals surface area (Å²) in [6.45, 7) is 5.97. The van der Waals surface area contributed by atoms with Gasteiger partial charge in [0.25, 0.3) is 5.91 Å². The maximum absolute atomic E-state index is 13.6. The van der Waals surface area contributed by atoms with Crippen LogP contribution in [0.25, 0.3) is 0 Å². The van der Waals surface area contributed by atoms with Crippen LogP contribution in [0.1, 0.15) is 73.0 Å². The molecule has 0 fully saturated rings. The van der Waals surface area contributed by atoms with Gasteiger partial charge in [0.2, 0.25) is 21.6 Å². The van der Waals surface area contributed by atoms with Crippen LogP contribution in [0, 0.1) is 20.8 Å². The number of aromatic nitrogens is 2. The monoisotopic (exact) mass is 574 g/mol. The Balaban J connectivity index is 1.46. The Kier molecular flexibility index (Phi) is 9.14. The first kappa shape index (κ1) is 29.5. The number of fused-ring (bicyclic) bond motifs is 1. The number of aliphatic carboxylic acids is 1. The molecule has 5 N–H and O–H groups in total. The summed E-state index contributed by atoms with van der Waals surface area (Å²) in [7, 11) is -4.34. The molecular formula is C27H38N6O6S. The van der Waals surface area contributed by atoms with Crippen molar-refractivity contribution < 1.29 is 28.0 Å². The first-order valence-corrected chi connectivity index (χ1v) is 15.2. The molecule has 0 saturated carbocycles. The predicted molar refractivity (Wildman–Crippen MR) is 150 cm³/mol. The summed E-state index contributed by atoms with van der Waals surface area (Å²) in [6, 6.07) is 3.44. The fourth-order valence-electron chi connectivity index (χ4n) is 5.38. The van der Waals surface area contributed by atoms with Crippen molar-refractivity contribution in [2.45, 2.75) is 89.1 Å². The van der Waals surface area contributed by atoms with Crippen molar-refractivity contribution in [1.29, 1.82) is 0 Å². The molecule has 1 atom stereocenters. The van der Waals surface area contributed by atoms with Gasteiger partial charge in [-0.2, -0.15) is 4.72 Å². The van der Waals surface area contributed by atoms with Gasteiger partial charge in [0.1, 0.15) is 12.3 Å². The quantitative estimate of drug-likeness (QED) is 0.179. The smallest absolute Gasteiger partial charge is 0.345 e. The zero-order valence-corrected chi connectivity index (χ0v) is 24.0. The topological polar surface area (TPSA) is 175 Å². The van der Waals surface area contributed by atoms with Gasteiger partial charge in [-0.3, -0.25) is 4.79 Å². The molecule has 218 valence electrons. The molecule has 1 aromatic carbocycles. The Hall–Kier alpha value is -3.45. The van der Waals surface area contributed by atoms with Gasteiger partial charge < -0.3 is 25.6 Å². The molecule has 2 aliphatic rings. The Morgan fingerprint density at radius 2 is 1.80 bits per heavy atom. The van der Waals surface area contributed by atoms with E-state index in [2.05, 4.69) is 30.5 Å². The van der Waals surface area contributed by atoms with Gasteiger partial charge in [0.15, 0.2) is 0 Å². The van der Waals surface area contributed by atoms with Gasteiger partial charge in [-0.25, -0.2) is 18.2 Å². The highest BCUT2D eigenvalue weighted by Gasteiger charge is 2.45. The van der Waals surface area contributed by atoms with E-state index < -0.39 is 27.6 Å². The number of carbonyl (C=O) groups excluding carboxylic acids is 1. The minimum atomic E-state index is -4.34. The van der Waals surface area contributed by atoms with Gasteiger partial charge in [-0.15, -0.1) is 0 Å². The molecule has 2 aromatic rings. The van der Waals surface area contributed by atoms with E-state index in [1.807, 2.05) is 6.92 Å². The van der Waals surface area contributed by atoms with Gasteiger partial charge in [0, 0.05) is 18.7 Å². The van der Waals surface area contributed by atoms with Gasteiger partial charge in [-0.05, 0) is 76.8 Å². The summed E-state index contributed by atoms with van der Waals surface area (Å²) in [5.41, 5.74) is 1.87. The fourth-order valence-corrected chi connectivity index (χ4v) is 7.15. The molecule has 1 aromatic heterocycles. The van der Waals surface area contributed by atoms with Crippen molar-refractivity contribution in [2.75, 3.05) is 18.5 Å². The third-order valence-corrected chi connectivity index (χ3v) is 9.02. The fraction of sp³-hybridized carbons (Fsp3) is 0.556. The second-order valence-electron chi connectivity index (χ2n) is 10.6. The third-order valence-electron chi connectivity index (χ3n) is 7.22. The van der Waals surface area contributed by atoms with Crippen molar-refractivity contribution in [3.8, 4) is 0 Å². The van der Waals surface area contributed by atoms with E-state index in [-0.39, 0.29) is 30.1 Å². The second-order valence-corrected chi connectivity index (χ2v) is 12.2. The van der Waals surface area contributed by atoms with Gasteiger partial charge in [-0.1, -0.05) is 29.3 Å². The van der Waals surface area contributed by atoms with E-state index in [9.17, 15) is 23.1 Å². The highest BCUT2D eigenvalue weighted by atomic mass is 32.2. The molecule has 1 aliphatic heterocycles. The Morgan fingerprint density at radius 1 is 1.07 bits per heavy atom. The summed E-state index contributed by atoms with van der Waals surface area (Å²) in [5, 5.41) is 19.7. The molecule has 40 heavy (non-hydrogen) atoms. The molecule has 4 rings (SSSR count). The van der Waals surface area contributed by atoms with E-state index in [1.54, 1.807) is 26.0 Å². The standard InChI is InChI=1S/C27H38N6O6S/c1-17-15-18(2)23(19(3)16-17)40(37,38)33-27(25(35)36,31-24(34)22-11-14-39-32-22)12-7-4-8-13-28-26-29-20-9-5-6-10-21(20)30-26/h15-16,33H,4-14H2,1-3H3,(H,31,34)(H,35,36)(H2,28,29,30). The maximum Gasteiger partial charge on any atom is 0.345 e. The number of imidazole rings is 1. The van der Waals surface area contributed by atoms with Crippen molar-refractivity contribution in [3.63, 3.8) is 0 Å².